The van der Waals surface area contributed by atoms with Crippen LogP contribution in [0.3, 0.4) is 0 Å². The van der Waals surface area contributed by atoms with Crippen LogP contribution in [0.1, 0.15) is 11.1 Å². The van der Waals surface area contributed by atoms with Crippen molar-refractivity contribution in [3.8, 4) is 5.75 Å². The molecule has 0 fully saturated rings. The lowest BCUT2D eigenvalue weighted by molar-refractivity contribution is -0.110. The van der Waals surface area contributed by atoms with E-state index in [1.165, 1.54) is 12.1 Å². The number of phosphoric acid groups is 1. The maximum atomic E-state index is 12.3. The number of aromatic nitrogens is 1. The molecule has 3 aromatic rings. The van der Waals surface area contributed by atoms with Crippen molar-refractivity contribution in [2.24, 2.45) is 0 Å². The number of benzene rings is 2. The van der Waals surface area contributed by atoms with Crippen LogP contribution in [0.5, 0.6) is 5.75 Å². The second-order valence-corrected chi connectivity index (χ2v) is 6.75. The molecule has 7 nitrogen and oxygen atoms in total. The minimum Gasteiger partial charge on any atom is -0.404 e. The first-order chi connectivity index (χ1) is 11.9. The van der Waals surface area contributed by atoms with E-state index in [0.717, 1.165) is 16.5 Å². The van der Waals surface area contributed by atoms with Crippen molar-refractivity contribution >= 4 is 42.0 Å². The van der Waals surface area contributed by atoms with Crippen LogP contribution in [0, 0.1) is 0 Å². The van der Waals surface area contributed by atoms with E-state index in [2.05, 4.69) is 14.8 Å². The van der Waals surface area contributed by atoms with E-state index in [0.29, 0.717) is 16.8 Å². The Bertz CT molecular complexity index is 1080. The Hall–Kier alpha value is -2.86. The summed E-state index contributed by atoms with van der Waals surface area (Å²) in [4.78, 5) is 33.3. The van der Waals surface area contributed by atoms with Crippen molar-refractivity contribution in [1.29, 1.82) is 0 Å². The summed E-state index contributed by atoms with van der Waals surface area (Å²) in [6, 6.07) is 12.1. The third-order valence-corrected chi connectivity index (χ3v) is 4.37. The fourth-order valence-corrected chi connectivity index (χ4v) is 3.26. The van der Waals surface area contributed by atoms with E-state index in [9.17, 15) is 9.36 Å². The molecular formula is C17H13N2O5P. The van der Waals surface area contributed by atoms with Crippen molar-refractivity contribution in [2.75, 3.05) is 5.32 Å². The second kappa shape index (κ2) is 5.60. The van der Waals surface area contributed by atoms with Crippen LogP contribution in [0.4, 0.5) is 5.69 Å². The Balaban J connectivity index is 1.81. The molecule has 4 rings (SSSR count). The highest BCUT2D eigenvalue weighted by Crippen LogP contribution is 2.42. The summed E-state index contributed by atoms with van der Waals surface area (Å²) in [5, 5.41) is 3.70. The van der Waals surface area contributed by atoms with E-state index in [4.69, 9.17) is 9.79 Å². The van der Waals surface area contributed by atoms with E-state index in [1.54, 1.807) is 18.3 Å². The molecular weight excluding hydrogens is 343 g/mol. The van der Waals surface area contributed by atoms with E-state index < -0.39 is 7.82 Å². The number of carbonyl (C=O) groups is 1. The van der Waals surface area contributed by atoms with Crippen LogP contribution in [-0.4, -0.2) is 20.7 Å². The highest BCUT2D eigenvalue weighted by molar-refractivity contribution is 7.46. The number of hydrogen-bond acceptors (Lipinski definition) is 3. The van der Waals surface area contributed by atoms with Crippen LogP contribution < -0.4 is 9.84 Å². The standard InChI is InChI=1S/C17H13N2O5P/c20-17-14(7-10-9-18-15-4-2-1-3-12(10)15)13-8-11(24-25(21,22)23)5-6-16(13)19-17/h1-9,18H,(H,19,20)(H2,21,22,23). The molecule has 4 N–H and O–H groups in total. The summed E-state index contributed by atoms with van der Waals surface area (Å²) < 4.78 is 15.6. The van der Waals surface area contributed by atoms with E-state index >= 15 is 0 Å². The summed E-state index contributed by atoms with van der Waals surface area (Å²) in [5.41, 5.74) is 3.28. The third-order valence-electron chi connectivity index (χ3n) is 3.92. The van der Waals surface area contributed by atoms with Crippen molar-refractivity contribution in [3.63, 3.8) is 0 Å². The molecule has 126 valence electrons. The van der Waals surface area contributed by atoms with Gasteiger partial charge in [-0.2, -0.15) is 0 Å². The molecule has 0 bridgehead atoms. The Kier molecular flexibility index (Phi) is 3.51. The molecule has 0 atom stereocenters. The summed E-state index contributed by atoms with van der Waals surface area (Å²) >= 11 is 0. The lowest BCUT2D eigenvalue weighted by Crippen LogP contribution is -2.03. The smallest absolute Gasteiger partial charge is 0.404 e. The Morgan fingerprint density at radius 3 is 2.72 bits per heavy atom. The van der Waals surface area contributed by atoms with Crippen LogP contribution in [0.25, 0.3) is 22.6 Å². The zero-order valence-corrected chi connectivity index (χ0v) is 13.7. The molecule has 0 aliphatic carbocycles. The van der Waals surface area contributed by atoms with Gasteiger partial charge in [0.15, 0.2) is 0 Å². The third kappa shape index (κ3) is 2.96. The first-order valence-electron chi connectivity index (χ1n) is 7.39. The lowest BCUT2D eigenvalue weighted by atomic mass is 10.0. The number of amides is 1. The van der Waals surface area contributed by atoms with Gasteiger partial charge in [0, 0.05) is 39.5 Å². The minimum absolute atomic E-state index is 0.00610. The van der Waals surface area contributed by atoms with Crippen molar-refractivity contribution < 1.29 is 23.7 Å². The van der Waals surface area contributed by atoms with Crippen LogP contribution in [-0.2, 0) is 9.36 Å². The number of nitrogens with one attached hydrogen (secondary N) is 2. The van der Waals surface area contributed by atoms with Gasteiger partial charge in [0.2, 0.25) is 0 Å². The fourth-order valence-electron chi connectivity index (χ4n) is 2.87. The van der Waals surface area contributed by atoms with Crippen LogP contribution in [0.15, 0.2) is 48.7 Å². The number of hydrogen-bond donors (Lipinski definition) is 4. The summed E-state index contributed by atoms with van der Waals surface area (Å²) in [5.74, 6) is -0.290. The quantitative estimate of drug-likeness (QED) is 0.426. The maximum absolute atomic E-state index is 12.3. The summed E-state index contributed by atoms with van der Waals surface area (Å²) in [6.45, 7) is 0. The monoisotopic (exact) mass is 356 g/mol. The molecule has 1 aliphatic heterocycles. The zero-order valence-electron chi connectivity index (χ0n) is 12.8. The number of para-hydroxylation sites is 1. The second-order valence-electron chi connectivity index (χ2n) is 5.59. The predicted molar refractivity (Wildman–Crippen MR) is 93.9 cm³/mol. The molecule has 0 saturated heterocycles. The van der Waals surface area contributed by atoms with Crippen molar-refractivity contribution in [3.05, 3.63) is 59.8 Å². The topological polar surface area (TPSA) is 112 Å². The molecule has 0 spiro atoms. The number of rotatable bonds is 3. The molecule has 1 aliphatic rings. The van der Waals surface area contributed by atoms with Gasteiger partial charge >= 0.3 is 7.82 Å². The van der Waals surface area contributed by atoms with Gasteiger partial charge in [0.1, 0.15) is 5.75 Å². The summed E-state index contributed by atoms with van der Waals surface area (Å²) in [7, 11) is -4.67. The Morgan fingerprint density at radius 1 is 1.12 bits per heavy atom. The number of anilines is 1. The van der Waals surface area contributed by atoms with Gasteiger partial charge in [0.05, 0.1) is 0 Å². The zero-order chi connectivity index (χ0) is 17.6. The molecule has 0 saturated carbocycles. The van der Waals surface area contributed by atoms with E-state index in [-0.39, 0.29) is 11.7 Å². The largest absolute Gasteiger partial charge is 0.524 e. The normalized spacial score (nSPS) is 15.4. The molecule has 1 aromatic heterocycles. The van der Waals surface area contributed by atoms with Gasteiger partial charge < -0.3 is 14.8 Å². The molecule has 8 heteroatoms. The highest BCUT2D eigenvalue weighted by Gasteiger charge is 2.26. The van der Waals surface area contributed by atoms with Gasteiger partial charge in [0.25, 0.3) is 5.91 Å². The van der Waals surface area contributed by atoms with E-state index in [1.807, 2.05) is 24.3 Å². The first kappa shape index (κ1) is 15.7. The van der Waals surface area contributed by atoms with Crippen molar-refractivity contribution in [1.82, 2.24) is 4.98 Å². The number of phosphoric ester groups is 1. The molecule has 25 heavy (non-hydrogen) atoms. The van der Waals surface area contributed by atoms with Gasteiger partial charge in [-0.25, -0.2) is 4.57 Å². The molecule has 0 radical (unpaired) electrons. The number of aromatic amines is 1. The fraction of sp³-hybridized carbons (Fsp3) is 0. The Morgan fingerprint density at radius 2 is 1.92 bits per heavy atom. The van der Waals surface area contributed by atoms with Gasteiger partial charge in [-0.15, -0.1) is 0 Å². The Labute approximate surface area is 142 Å². The average molecular weight is 356 g/mol. The SMILES string of the molecule is O=C1Nc2ccc(OP(=O)(O)O)cc2C1=Cc1c[nH]c2ccccc12. The van der Waals surface area contributed by atoms with Crippen LogP contribution >= 0.6 is 7.82 Å². The average Bonchev–Trinajstić information content (AvgIpc) is 3.08. The first-order valence-corrected chi connectivity index (χ1v) is 8.92. The number of fused-ring (bicyclic) bond motifs is 2. The highest BCUT2D eigenvalue weighted by atomic mass is 31.2. The van der Waals surface area contributed by atoms with Gasteiger partial charge in [-0.05, 0) is 30.3 Å². The van der Waals surface area contributed by atoms with Crippen molar-refractivity contribution in [2.45, 2.75) is 0 Å². The molecule has 2 heterocycles. The maximum Gasteiger partial charge on any atom is 0.524 e. The predicted octanol–water partition coefficient (Wildman–Crippen LogP) is 3.13. The minimum atomic E-state index is -4.67. The number of carbonyl (C=O) groups excluding carboxylic acids is 1. The molecule has 0 unspecified atom stereocenters. The van der Waals surface area contributed by atoms with Gasteiger partial charge in [-0.1, -0.05) is 18.2 Å². The summed E-state index contributed by atoms with van der Waals surface area (Å²) in [6.07, 6.45) is 3.54. The lowest BCUT2D eigenvalue weighted by Gasteiger charge is -2.08. The molecule has 1 amide bonds. The molecule has 2 aromatic carbocycles. The van der Waals surface area contributed by atoms with Gasteiger partial charge in [-0.3, -0.25) is 14.6 Å². The number of H-pyrrole nitrogens is 1. The van der Waals surface area contributed by atoms with Crippen LogP contribution in [0.2, 0.25) is 0 Å².